The third-order valence-corrected chi connectivity index (χ3v) is 2.93. The summed E-state index contributed by atoms with van der Waals surface area (Å²) in [4.78, 5) is 0. The van der Waals surface area contributed by atoms with E-state index < -0.39 is 31.9 Å². The summed E-state index contributed by atoms with van der Waals surface area (Å²) in [6, 6.07) is 0. The fourth-order valence-electron chi connectivity index (χ4n) is 1.47. The lowest BCUT2D eigenvalue weighted by atomic mass is 10.0. The summed E-state index contributed by atoms with van der Waals surface area (Å²) >= 11 is 0. The molecule has 1 atom stereocenters. The summed E-state index contributed by atoms with van der Waals surface area (Å²) in [5.74, 6) is 0. The Morgan fingerprint density at radius 2 is 1.50 bits per heavy atom. The molecule has 0 bridgehead atoms. The van der Waals surface area contributed by atoms with Crippen molar-refractivity contribution in [3.8, 4) is 0 Å². The molecule has 6 nitrogen and oxygen atoms in total. The third-order valence-electron chi connectivity index (χ3n) is 1.50. The minimum atomic E-state index is -3.58. The van der Waals surface area contributed by atoms with Crippen LogP contribution in [0.2, 0.25) is 0 Å². The SMILES string of the molecule is CC(CC(C)(C)OS(C)(=O)=O)OS(C)(=O)=O. The van der Waals surface area contributed by atoms with Crippen molar-refractivity contribution in [2.24, 2.45) is 0 Å². The Kier molecular flexibility index (Phi) is 4.93. The molecule has 0 aromatic carbocycles. The lowest BCUT2D eigenvalue weighted by Crippen LogP contribution is -2.33. The molecule has 0 heterocycles. The van der Waals surface area contributed by atoms with Gasteiger partial charge in [0.15, 0.2) is 0 Å². The highest BCUT2D eigenvalue weighted by atomic mass is 32.2. The maximum Gasteiger partial charge on any atom is 0.264 e. The van der Waals surface area contributed by atoms with Crippen LogP contribution in [0.15, 0.2) is 0 Å². The van der Waals surface area contributed by atoms with Crippen molar-refractivity contribution in [2.75, 3.05) is 12.5 Å². The van der Waals surface area contributed by atoms with E-state index in [0.717, 1.165) is 12.5 Å². The van der Waals surface area contributed by atoms with Gasteiger partial charge < -0.3 is 0 Å². The van der Waals surface area contributed by atoms with Crippen molar-refractivity contribution < 1.29 is 25.2 Å². The summed E-state index contributed by atoms with van der Waals surface area (Å²) in [6.07, 6.45) is 1.38. The largest absolute Gasteiger partial charge is 0.267 e. The maximum absolute atomic E-state index is 10.9. The molecule has 0 aliphatic carbocycles. The van der Waals surface area contributed by atoms with Crippen molar-refractivity contribution in [3.05, 3.63) is 0 Å². The predicted molar refractivity (Wildman–Crippen MR) is 60.0 cm³/mol. The van der Waals surface area contributed by atoms with Crippen molar-refractivity contribution in [1.82, 2.24) is 0 Å². The summed E-state index contributed by atoms with van der Waals surface area (Å²) in [6.45, 7) is 4.64. The van der Waals surface area contributed by atoms with Crippen molar-refractivity contribution >= 4 is 20.2 Å². The summed E-state index contributed by atoms with van der Waals surface area (Å²) in [7, 11) is -7.12. The molecule has 0 amide bonds. The Labute approximate surface area is 97.2 Å². The number of rotatable bonds is 6. The molecule has 0 fully saturated rings. The molecular weight excluding hydrogens is 256 g/mol. The molecule has 0 rings (SSSR count). The van der Waals surface area contributed by atoms with Crippen LogP contribution in [0.1, 0.15) is 27.2 Å². The summed E-state index contributed by atoms with van der Waals surface area (Å²) in [5, 5.41) is 0. The molecule has 0 spiro atoms. The van der Waals surface area contributed by atoms with Crippen LogP contribution in [0.25, 0.3) is 0 Å². The van der Waals surface area contributed by atoms with Gasteiger partial charge in [-0.3, -0.25) is 8.37 Å². The third kappa shape index (κ3) is 9.08. The van der Waals surface area contributed by atoms with Crippen LogP contribution in [-0.4, -0.2) is 41.1 Å². The topological polar surface area (TPSA) is 86.7 Å². The van der Waals surface area contributed by atoms with E-state index in [1.54, 1.807) is 13.8 Å². The Balaban J connectivity index is 4.48. The van der Waals surface area contributed by atoms with Crippen LogP contribution in [-0.2, 0) is 28.6 Å². The van der Waals surface area contributed by atoms with Crippen LogP contribution in [0.3, 0.4) is 0 Å². The fourth-order valence-corrected chi connectivity index (χ4v) is 3.02. The highest BCUT2D eigenvalue weighted by Gasteiger charge is 2.28. The monoisotopic (exact) mass is 274 g/mol. The molecule has 0 aliphatic rings. The number of hydrogen-bond donors (Lipinski definition) is 0. The lowest BCUT2D eigenvalue weighted by Gasteiger charge is -2.26. The van der Waals surface area contributed by atoms with Crippen LogP contribution < -0.4 is 0 Å². The summed E-state index contributed by atoms with van der Waals surface area (Å²) in [5.41, 5.74) is -1.00. The van der Waals surface area contributed by atoms with E-state index in [4.69, 9.17) is 4.18 Å². The van der Waals surface area contributed by atoms with Crippen LogP contribution in [0.5, 0.6) is 0 Å². The van der Waals surface area contributed by atoms with Gasteiger partial charge in [0.2, 0.25) is 0 Å². The second-order valence-electron chi connectivity index (χ2n) is 4.36. The van der Waals surface area contributed by atoms with Crippen molar-refractivity contribution in [2.45, 2.75) is 38.9 Å². The Morgan fingerprint density at radius 3 is 1.81 bits per heavy atom. The molecule has 0 saturated carbocycles. The van der Waals surface area contributed by atoms with Gasteiger partial charge >= 0.3 is 0 Å². The zero-order chi connectivity index (χ0) is 13.2. The first-order chi connectivity index (χ1) is 6.81. The van der Waals surface area contributed by atoms with Crippen molar-refractivity contribution in [1.29, 1.82) is 0 Å². The van der Waals surface area contributed by atoms with Gasteiger partial charge in [-0.1, -0.05) is 0 Å². The zero-order valence-electron chi connectivity index (χ0n) is 10.1. The van der Waals surface area contributed by atoms with Gasteiger partial charge in [-0.05, 0) is 20.8 Å². The zero-order valence-corrected chi connectivity index (χ0v) is 11.7. The quantitative estimate of drug-likeness (QED) is 0.655. The predicted octanol–water partition coefficient (Wildman–Crippen LogP) is 0.496. The molecule has 1 unspecified atom stereocenters. The van der Waals surface area contributed by atoms with E-state index in [-0.39, 0.29) is 6.42 Å². The van der Waals surface area contributed by atoms with E-state index in [2.05, 4.69) is 4.18 Å². The average Bonchev–Trinajstić information content (AvgIpc) is 1.70. The summed E-state index contributed by atoms with van der Waals surface area (Å²) < 4.78 is 53.0. The maximum atomic E-state index is 10.9. The number of hydrogen-bond acceptors (Lipinski definition) is 6. The van der Waals surface area contributed by atoms with Crippen LogP contribution in [0.4, 0.5) is 0 Å². The fraction of sp³-hybridized carbons (Fsp3) is 1.00. The standard InChI is InChI=1S/C8H18O6S2/c1-7(13-15(4,9)10)6-8(2,3)14-16(5,11)12/h7H,6H2,1-5H3. The van der Waals surface area contributed by atoms with Gasteiger partial charge in [0.1, 0.15) is 0 Å². The van der Waals surface area contributed by atoms with Gasteiger partial charge in [0.05, 0.1) is 24.2 Å². The molecule has 16 heavy (non-hydrogen) atoms. The molecule has 0 aromatic rings. The second-order valence-corrected chi connectivity index (χ2v) is 7.54. The van der Waals surface area contributed by atoms with Gasteiger partial charge in [0, 0.05) is 6.42 Å². The van der Waals surface area contributed by atoms with Gasteiger partial charge in [-0.2, -0.15) is 16.8 Å². The Bertz CT molecular complexity index is 419. The van der Waals surface area contributed by atoms with E-state index in [0.29, 0.717) is 0 Å². The lowest BCUT2D eigenvalue weighted by molar-refractivity contribution is 0.0642. The van der Waals surface area contributed by atoms with E-state index in [9.17, 15) is 16.8 Å². The van der Waals surface area contributed by atoms with Crippen LogP contribution in [0, 0.1) is 0 Å². The molecule has 8 heteroatoms. The van der Waals surface area contributed by atoms with E-state index >= 15 is 0 Å². The molecular formula is C8H18O6S2. The minimum absolute atomic E-state index is 0.146. The van der Waals surface area contributed by atoms with Crippen molar-refractivity contribution in [3.63, 3.8) is 0 Å². The highest BCUT2D eigenvalue weighted by Crippen LogP contribution is 2.21. The first kappa shape index (κ1) is 15.8. The molecule has 98 valence electrons. The molecule has 0 N–H and O–H groups in total. The van der Waals surface area contributed by atoms with Gasteiger partial charge in [-0.25, -0.2) is 0 Å². The van der Waals surface area contributed by atoms with Crippen LogP contribution >= 0.6 is 0 Å². The van der Waals surface area contributed by atoms with Gasteiger partial charge in [0.25, 0.3) is 20.2 Å². The smallest absolute Gasteiger partial charge is 0.264 e. The van der Waals surface area contributed by atoms with Gasteiger partial charge in [-0.15, -0.1) is 0 Å². The Hall–Kier alpha value is -0.180. The highest BCUT2D eigenvalue weighted by molar-refractivity contribution is 7.86. The van der Waals surface area contributed by atoms with E-state index in [1.165, 1.54) is 6.92 Å². The second kappa shape index (κ2) is 4.99. The average molecular weight is 274 g/mol. The normalized spacial score (nSPS) is 16.1. The first-order valence-electron chi connectivity index (χ1n) is 4.60. The Morgan fingerprint density at radius 1 is 1.06 bits per heavy atom. The minimum Gasteiger partial charge on any atom is -0.267 e. The molecule has 0 aliphatic heterocycles. The molecule has 0 radical (unpaired) electrons. The van der Waals surface area contributed by atoms with E-state index in [1.807, 2.05) is 0 Å². The molecule has 0 saturated heterocycles. The molecule has 0 aromatic heterocycles. The first-order valence-corrected chi connectivity index (χ1v) is 8.23.